The van der Waals surface area contributed by atoms with E-state index in [2.05, 4.69) is 21.7 Å². The third kappa shape index (κ3) is 4.50. The predicted molar refractivity (Wildman–Crippen MR) is 103 cm³/mol. The molecular formula is C22H22N2O3. The Morgan fingerprint density at radius 1 is 1.07 bits per heavy atom. The first-order valence-electron chi connectivity index (χ1n) is 8.87. The van der Waals surface area contributed by atoms with Crippen molar-refractivity contribution in [2.45, 2.75) is 26.8 Å². The molecule has 0 saturated carbocycles. The molecule has 3 rings (SSSR count). The van der Waals surface area contributed by atoms with Gasteiger partial charge in [-0.1, -0.05) is 30.3 Å². The van der Waals surface area contributed by atoms with E-state index in [0.29, 0.717) is 11.1 Å². The molecule has 0 aliphatic heterocycles. The largest absolute Gasteiger partial charge is 0.454 e. The van der Waals surface area contributed by atoms with Crippen LogP contribution >= 0.6 is 0 Å². The lowest BCUT2D eigenvalue weighted by atomic mass is 10.1. The van der Waals surface area contributed by atoms with Gasteiger partial charge in [0, 0.05) is 35.9 Å². The van der Waals surface area contributed by atoms with Crippen LogP contribution in [0.5, 0.6) is 0 Å². The second kappa shape index (κ2) is 8.45. The zero-order valence-corrected chi connectivity index (χ0v) is 15.5. The van der Waals surface area contributed by atoms with Crippen LogP contribution in [0.4, 0.5) is 0 Å². The molecule has 138 valence electrons. The molecule has 5 heteroatoms. The lowest BCUT2D eigenvalue weighted by molar-refractivity contribution is 0.0474. The molecule has 2 heterocycles. The van der Waals surface area contributed by atoms with Crippen molar-refractivity contribution in [3.05, 3.63) is 89.0 Å². The second-order valence-corrected chi connectivity index (χ2v) is 6.41. The summed E-state index contributed by atoms with van der Waals surface area (Å²) < 4.78 is 7.27. The highest BCUT2D eigenvalue weighted by molar-refractivity contribution is 6.00. The van der Waals surface area contributed by atoms with Crippen LogP contribution in [-0.4, -0.2) is 27.9 Å². The summed E-state index contributed by atoms with van der Waals surface area (Å²) in [7, 11) is 0. The van der Waals surface area contributed by atoms with Crippen molar-refractivity contribution in [1.82, 2.24) is 9.55 Å². The van der Waals surface area contributed by atoms with Gasteiger partial charge in [0.25, 0.3) is 0 Å². The zero-order valence-electron chi connectivity index (χ0n) is 15.5. The molecular weight excluding hydrogens is 340 g/mol. The number of Topliss-reactive ketones (excluding diaryl/α,β-unsaturated/α-hetero) is 1. The van der Waals surface area contributed by atoms with Crippen molar-refractivity contribution in [2.24, 2.45) is 0 Å². The quantitative estimate of drug-likeness (QED) is 0.474. The summed E-state index contributed by atoms with van der Waals surface area (Å²) in [6.45, 7) is 4.42. The van der Waals surface area contributed by atoms with E-state index in [1.807, 2.05) is 38.1 Å². The third-order valence-corrected chi connectivity index (χ3v) is 4.57. The maximum Gasteiger partial charge on any atom is 0.340 e. The van der Waals surface area contributed by atoms with E-state index in [1.54, 1.807) is 18.3 Å². The molecule has 0 unspecified atom stereocenters. The molecule has 27 heavy (non-hydrogen) atoms. The molecule has 1 aromatic carbocycles. The van der Waals surface area contributed by atoms with E-state index in [4.69, 9.17) is 4.74 Å². The van der Waals surface area contributed by atoms with Crippen molar-refractivity contribution in [3.63, 3.8) is 0 Å². The summed E-state index contributed by atoms with van der Waals surface area (Å²) >= 11 is 0. The first kappa shape index (κ1) is 18.6. The van der Waals surface area contributed by atoms with Crippen LogP contribution in [0.3, 0.4) is 0 Å². The van der Waals surface area contributed by atoms with Crippen molar-refractivity contribution in [1.29, 1.82) is 0 Å². The van der Waals surface area contributed by atoms with Crippen molar-refractivity contribution in [3.8, 4) is 0 Å². The predicted octanol–water partition coefficient (Wildman–Crippen LogP) is 3.78. The molecule has 0 bridgehead atoms. The number of aromatic nitrogens is 2. The number of hydrogen-bond acceptors (Lipinski definition) is 4. The molecule has 0 saturated heterocycles. The van der Waals surface area contributed by atoms with Crippen LogP contribution in [0.15, 0.2) is 60.9 Å². The highest BCUT2D eigenvalue weighted by atomic mass is 16.5. The van der Waals surface area contributed by atoms with Crippen molar-refractivity contribution < 1.29 is 14.3 Å². The molecule has 0 atom stereocenters. The first-order valence-corrected chi connectivity index (χ1v) is 8.87. The minimum absolute atomic E-state index is 0.202. The molecule has 0 N–H and O–H groups in total. The number of rotatable bonds is 7. The van der Waals surface area contributed by atoms with E-state index in [-0.39, 0.29) is 12.4 Å². The first-order chi connectivity index (χ1) is 13.1. The van der Waals surface area contributed by atoms with Crippen LogP contribution < -0.4 is 0 Å². The average molecular weight is 362 g/mol. The standard InChI is InChI=1S/C22H22N2O3/c1-16-13-20(17(2)24(16)12-10-18-7-4-3-5-8-18)21(25)15-27-22(26)19-9-6-11-23-14-19/h3-9,11,13-14H,10,12,15H2,1-2H3. The smallest absolute Gasteiger partial charge is 0.340 e. The van der Waals surface area contributed by atoms with E-state index in [0.717, 1.165) is 24.4 Å². The van der Waals surface area contributed by atoms with E-state index < -0.39 is 5.97 Å². The number of esters is 1. The highest BCUT2D eigenvalue weighted by Gasteiger charge is 2.18. The minimum Gasteiger partial charge on any atom is -0.454 e. The lowest BCUT2D eigenvalue weighted by Crippen LogP contribution is -2.15. The number of nitrogens with zero attached hydrogens (tertiary/aromatic N) is 2. The van der Waals surface area contributed by atoms with Gasteiger partial charge >= 0.3 is 5.97 Å². The van der Waals surface area contributed by atoms with Gasteiger partial charge in [-0.2, -0.15) is 0 Å². The fraction of sp³-hybridized carbons (Fsp3) is 0.227. The summed E-state index contributed by atoms with van der Waals surface area (Å²) in [5, 5.41) is 0. The summed E-state index contributed by atoms with van der Waals surface area (Å²) in [6.07, 6.45) is 3.88. The van der Waals surface area contributed by atoms with Crippen LogP contribution in [0.25, 0.3) is 0 Å². The molecule has 0 spiro atoms. The fourth-order valence-corrected chi connectivity index (χ4v) is 3.09. The Morgan fingerprint density at radius 3 is 2.56 bits per heavy atom. The van der Waals surface area contributed by atoms with Crippen LogP contribution in [0.1, 0.15) is 37.7 Å². The second-order valence-electron chi connectivity index (χ2n) is 6.41. The van der Waals surface area contributed by atoms with Gasteiger partial charge in [0.15, 0.2) is 6.61 Å². The molecule has 3 aromatic rings. The average Bonchev–Trinajstić information content (AvgIpc) is 2.99. The van der Waals surface area contributed by atoms with Gasteiger partial charge < -0.3 is 9.30 Å². The third-order valence-electron chi connectivity index (χ3n) is 4.57. The van der Waals surface area contributed by atoms with Crippen LogP contribution in [0.2, 0.25) is 0 Å². The topological polar surface area (TPSA) is 61.2 Å². The van der Waals surface area contributed by atoms with Gasteiger partial charge in [0.2, 0.25) is 5.78 Å². The molecule has 0 radical (unpaired) electrons. The van der Waals surface area contributed by atoms with E-state index >= 15 is 0 Å². The number of ketones is 1. The fourth-order valence-electron chi connectivity index (χ4n) is 3.09. The number of benzene rings is 1. The van der Waals surface area contributed by atoms with Gasteiger partial charge in [0.05, 0.1) is 5.56 Å². The summed E-state index contributed by atoms with van der Waals surface area (Å²) in [6, 6.07) is 15.4. The minimum atomic E-state index is -0.547. The van der Waals surface area contributed by atoms with Crippen molar-refractivity contribution >= 4 is 11.8 Å². The van der Waals surface area contributed by atoms with Crippen LogP contribution in [-0.2, 0) is 17.7 Å². The summed E-state index contributed by atoms with van der Waals surface area (Å²) in [4.78, 5) is 28.4. The Morgan fingerprint density at radius 2 is 1.85 bits per heavy atom. The maximum absolute atomic E-state index is 12.5. The van der Waals surface area contributed by atoms with Gasteiger partial charge in [-0.25, -0.2) is 4.79 Å². The summed E-state index contributed by atoms with van der Waals surface area (Å²) in [5.41, 5.74) is 4.10. The van der Waals surface area contributed by atoms with Crippen molar-refractivity contribution in [2.75, 3.05) is 6.61 Å². The lowest BCUT2D eigenvalue weighted by Gasteiger charge is -2.10. The Bertz CT molecular complexity index is 931. The van der Waals surface area contributed by atoms with Gasteiger partial charge in [-0.3, -0.25) is 9.78 Å². The molecule has 0 aliphatic carbocycles. The molecule has 2 aromatic heterocycles. The van der Waals surface area contributed by atoms with Gasteiger partial charge in [-0.05, 0) is 44.0 Å². The molecule has 0 aliphatic rings. The zero-order chi connectivity index (χ0) is 19.2. The van der Waals surface area contributed by atoms with Gasteiger partial charge in [0.1, 0.15) is 0 Å². The number of carbonyl (C=O) groups is 2. The number of aryl methyl sites for hydroxylation is 2. The van der Waals surface area contributed by atoms with Gasteiger partial charge in [-0.15, -0.1) is 0 Å². The molecule has 5 nitrogen and oxygen atoms in total. The number of hydrogen-bond donors (Lipinski definition) is 0. The normalized spacial score (nSPS) is 10.6. The van der Waals surface area contributed by atoms with E-state index in [9.17, 15) is 9.59 Å². The van der Waals surface area contributed by atoms with E-state index in [1.165, 1.54) is 11.8 Å². The molecule has 0 amide bonds. The highest BCUT2D eigenvalue weighted by Crippen LogP contribution is 2.17. The number of carbonyl (C=O) groups excluding carboxylic acids is 2. The van der Waals surface area contributed by atoms with Crippen LogP contribution in [0, 0.1) is 13.8 Å². The SMILES string of the molecule is Cc1cc(C(=O)COC(=O)c2cccnc2)c(C)n1CCc1ccccc1. The number of pyridine rings is 1. The Hall–Kier alpha value is -3.21. The summed E-state index contributed by atoms with van der Waals surface area (Å²) in [5.74, 6) is -0.749. The Kier molecular flexibility index (Phi) is 5.81. The molecule has 0 fully saturated rings. The monoisotopic (exact) mass is 362 g/mol. The number of ether oxygens (including phenoxy) is 1. The Labute approximate surface area is 158 Å². The maximum atomic E-state index is 12.5. The Balaban J connectivity index is 1.64.